The number of carbonyl (C=O) groups is 2. The van der Waals surface area contributed by atoms with E-state index in [4.69, 9.17) is 20.4 Å². The van der Waals surface area contributed by atoms with Gasteiger partial charge in [-0.15, -0.1) is 0 Å². The Morgan fingerprint density at radius 3 is 2.36 bits per heavy atom. The molecule has 3 atom stereocenters. The number of carboxylic acid groups (broad SMARTS) is 1. The number of nitrogens with zero attached hydrogens (tertiary/aromatic N) is 1. The Morgan fingerprint density at radius 2 is 1.88 bits per heavy atom. The molecule has 0 radical (unpaired) electrons. The molecule has 6 nitrogen and oxygen atoms in total. The molecule has 1 aliphatic carbocycles. The van der Waals surface area contributed by atoms with Crippen LogP contribution in [-0.2, 0) is 9.53 Å². The molecule has 3 N–H and O–H groups in total. The van der Waals surface area contributed by atoms with E-state index >= 15 is 0 Å². The summed E-state index contributed by atoms with van der Waals surface area (Å²) in [5, 5.41) is 7.12. The highest BCUT2D eigenvalue weighted by atomic mass is 19.4. The van der Waals surface area contributed by atoms with Crippen molar-refractivity contribution in [3.8, 4) is 0 Å². The molecule has 0 amide bonds. The van der Waals surface area contributed by atoms with Crippen molar-refractivity contribution in [1.29, 1.82) is 0 Å². The summed E-state index contributed by atoms with van der Waals surface area (Å²) in [6.45, 7) is 4.25. The van der Waals surface area contributed by atoms with Crippen LogP contribution in [0.1, 0.15) is 17.3 Å². The number of benzene rings is 1. The van der Waals surface area contributed by atoms with Gasteiger partial charge in [-0.2, -0.15) is 13.2 Å². The Morgan fingerprint density at radius 1 is 1.32 bits per heavy atom. The first-order valence-corrected chi connectivity index (χ1v) is 7.73. The maximum atomic E-state index is 11.7. The predicted octanol–water partition coefficient (Wildman–Crippen LogP) is 1.89. The van der Waals surface area contributed by atoms with Crippen molar-refractivity contribution in [2.24, 2.45) is 17.6 Å². The van der Waals surface area contributed by atoms with E-state index in [2.05, 4.69) is 4.90 Å². The summed E-state index contributed by atoms with van der Waals surface area (Å²) in [4.78, 5) is 22.9. The first-order valence-electron chi connectivity index (χ1n) is 7.73. The topological polar surface area (TPSA) is 92.9 Å². The van der Waals surface area contributed by atoms with Crippen molar-refractivity contribution in [3.63, 3.8) is 0 Å². The Labute approximate surface area is 142 Å². The van der Waals surface area contributed by atoms with Gasteiger partial charge in [0.25, 0.3) is 0 Å². The smallest absolute Gasteiger partial charge is 0.475 e. The third kappa shape index (κ3) is 4.62. The molecule has 0 aromatic heterocycles. The van der Waals surface area contributed by atoms with Gasteiger partial charge in [0.05, 0.1) is 12.2 Å². The average molecular weight is 360 g/mol. The first kappa shape index (κ1) is 19.0. The Balaban J connectivity index is 0.000000277. The van der Waals surface area contributed by atoms with E-state index in [1.807, 2.05) is 25.1 Å². The number of alkyl halides is 3. The van der Waals surface area contributed by atoms with Crippen LogP contribution in [0.25, 0.3) is 0 Å². The van der Waals surface area contributed by atoms with Gasteiger partial charge in [0.2, 0.25) is 0 Å². The number of aliphatic carboxylic acids is 1. The van der Waals surface area contributed by atoms with Gasteiger partial charge in [0.15, 0.2) is 0 Å². The Kier molecular flexibility index (Phi) is 5.56. The minimum absolute atomic E-state index is 0.250. The lowest BCUT2D eigenvalue weighted by Gasteiger charge is -2.21. The Hall–Kier alpha value is -2.29. The molecular weight excluding hydrogens is 341 g/mol. The van der Waals surface area contributed by atoms with Crippen molar-refractivity contribution in [2.75, 3.05) is 24.6 Å². The summed E-state index contributed by atoms with van der Waals surface area (Å²) in [6.07, 6.45) is -5.08. The molecule has 25 heavy (non-hydrogen) atoms. The number of esters is 1. The van der Waals surface area contributed by atoms with Crippen molar-refractivity contribution in [2.45, 2.75) is 19.1 Å². The Bertz CT molecular complexity index is 639. The molecule has 0 unspecified atom stereocenters. The van der Waals surface area contributed by atoms with E-state index in [0.717, 1.165) is 18.8 Å². The van der Waals surface area contributed by atoms with Crippen molar-refractivity contribution < 1.29 is 32.6 Å². The molecule has 1 heterocycles. The van der Waals surface area contributed by atoms with Gasteiger partial charge in [-0.05, 0) is 37.0 Å². The second-order valence-electron chi connectivity index (χ2n) is 5.88. The maximum absolute atomic E-state index is 11.7. The second kappa shape index (κ2) is 7.30. The molecule has 138 valence electrons. The van der Waals surface area contributed by atoms with Gasteiger partial charge in [0, 0.05) is 24.8 Å². The van der Waals surface area contributed by atoms with E-state index in [1.54, 1.807) is 6.07 Å². The number of hydrogen-bond donors (Lipinski definition) is 2. The molecular formula is C16H19F3N2O4. The quantitative estimate of drug-likeness (QED) is 0.800. The number of piperidine rings is 1. The van der Waals surface area contributed by atoms with Crippen LogP contribution in [0.2, 0.25) is 0 Å². The standard InChI is InChI=1S/C14H18N2O2.C2HF3O2/c1-2-18-14(17)9-4-3-5-10(6-9)16-7-11-12(8-16)13(11)15;3-2(4,5)1(6)7/h3-6,11-13H,2,7-8,15H2,1H3;(H,6,7)/t11-,12+,13-;. The molecule has 0 bridgehead atoms. The number of hydrogen-bond acceptors (Lipinski definition) is 5. The zero-order valence-corrected chi connectivity index (χ0v) is 13.5. The van der Waals surface area contributed by atoms with Gasteiger partial charge in [0.1, 0.15) is 0 Å². The second-order valence-corrected chi connectivity index (χ2v) is 5.88. The SMILES string of the molecule is CCOC(=O)c1cccc(N2C[C@@H]3[C@H](N)[C@@H]3C2)c1.O=C(O)C(F)(F)F. The molecule has 1 aromatic rings. The number of ether oxygens (including phenoxy) is 1. The average Bonchev–Trinajstić information content (AvgIpc) is 2.97. The normalized spacial score (nSPS) is 24.0. The highest BCUT2D eigenvalue weighted by molar-refractivity contribution is 5.90. The fourth-order valence-corrected chi connectivity index (χ4v) is 2.83. The van der Waals surface area contributed by atoms with Crippen molar-refractivity contribution in [1.82, 2.24) is 0 Å². The van der Waals surface area contributed by atoms with Crippen LogP contribution in [0, 0.1) is 11.8 Å². The largest absolute Gasteiger partial charge is 0.490 e. The van der Waals surface area contributed by atoms with E-state index in [1.165, 1.54) is 0 Å². The van der Waals surface area contributed by atoms with Crippen LogP contribution in [0.5, 0.6) is 0 Å². The van der Waals surface area contributed by atoms with Crippen molar-refractivity contribution >= 4 is 17.6 Å². The highest BCUT2D eigenvalue weighted by Gasteiger charge is 2.53. The lowest BCUT2D eigenvalue weighted by molar-refractivity contribution is -0.192. The molecule has 1 aromatic carbocycles. The molecule has 9 heteroatoms. The molecule has 2 fully saturated rings. The van der Waals surface area contributed by atoms with E-state index in [9.17, 15) is 18.0 Å². The molecule has 0 spiro atoms. The van der Waals surface area contributed by atoms with E-state index < -0.39 is 12.1 Å². The summed E-state index contributed by atoms with van der Waals surface area (Å²) >= 11 is 0. The third-order valence-electron chi connectivity index (χ3n) is 4.23. The fourth-order valence-electron chi connectivity index (χ4n) is 2.83. The van der Waals surface area contributed by atoms with Gasteiger partial charge in [-0.1, -0.05) is 6.07 Å². The number of anilines is 1. The van der Waals surface area contributed by atoms with Crippen LogP contribution in [0.3, 0.4) is 0 Å². The summed E-state index contributed by atoms with van der Waals surface area (Å²) in [5.41, 5.74) is 7.65. The number of carboxylic acids is 1. The summed E-state index contributed by atoms with van der Waals surface area (Å²) in [5.74, 6) is -1.71. The molecule has 3 rings (SSSR count). The van der Waals surface area contributed by atoms with Crippen LogP contribution in [0.4, 0.5) is 18.9 Å². The van der Waals surface area contributed by atoms with Crippen molar-refractivity contribution in [3.05, 3.63) is 29.8 Å². The van der Waals surface area contributed by atoms with Crippen LogP contribution >= 0.6 is 0 Å². The minimum atomic E-state index is -5.08. The number of fused-ring (bicyclic) bond motifs is 1. The maximum Gasteiger partial charge on any atom is 0.490 e. The number of halogens is 3. The van der Waals surface area contributed by atoms with Crippen LogP contribution in [0.15, 0.2) is 24.3 Å². The van der Waals surface area contributed by atoms with Crippen LogP contribution < -0.4 is 10.6 Å². The summed E-state index contributed by atoms with van der Waals surface area (Å²) < 4.78 is 36.8. The number of rotatable bonds is 3. The molecule has 1 aliphatic heterocycles. The zero-order valence-electron chi connectivity index (χ0n) is 13.5. The monoisotopic (exact) mass is 360 g/mol. The first-order chi connectivity index (χ1) is 11.6. The summed E-state index contributed by atoms with van der Waals surface area (Å²) in [6, 6.07) is 8.05. The third-order valence-corrected chi connectivity index (χ3v) is 4.23. The number of nitrogens with two attached hydrogens (primary N) is 1. The fraction of sp³-hybridized carbons (Fsp3) is 0.500. The molecule has 1 saturated heterocycles. The van der Waals surface area contributed by atoms with Crippen LogP contribution in [-0.4, -0.2) is 49.0 Å². The predicted molar refractivity (Wildman–Crippen MR) is 83.3 cm³/mol. The minimum Gasteiger partial charge on any atom is -0.475 e. The highest BCUT2D eigenvalue weighted by Crippen LogP contribution is 2.45. The number of carbonyl (C=O) groups excluding carboxylic acids is 1. The van der Waals surface area contributed by atoms with E-state index in [-0.39, 0.29) is 5.97 Å². The molecule has 2 aliphatic rings. The van der Waals surface area contributed by atoms with Gasteiger partial charge in [-0.25, -0.2) is 9.59 Å². The zero-order chi connectivity index (χ0) is 18.8. The van der Waals surface area contributed by atoms with Gasteiger partial charge < -0.3 is 20.5 Å². The molecule has 1 saturated carbocycles. The van der Waals surface area contributed by atoms with E-state index in [0.29, 0.717) is 30.0 Å². The van der Waals surface area contributed by atoms with Gasteiger partial charge in [-0.3, -0.25) is 0 Å². The summed E-state index contributed by atoms with van der Waals surface area (Å²) in [7, 11) is 0. The van der Waals surface area contributed by atoms with Gasteiger partial charge >= 0.3 is 18.1 Å². The lowest BCUT2D eigenvalue weighted by Crippen LogP contribution is -2.28. The lowest BCUT2D eigenvalue weighted by atomic mass is 10.2.